The van der Waals surface area contributed by atoms with E-state index < -0.39 is 0 Å². The fraction of sp³-hybridized carbons (Fsp3) is 0.714. The van der Waals surface area contributed by atoms with Gasteiger partial charge in [-0.05, 0) is 38.5 Å². The molecule has 1 atom stereocenters. The highest BCUT2D eigenvalue weighted by atomic mass is 15.4. The normalized spacial score (nSPS) is 16.4. The highest BCUT2D eigenvalue weighted by molar-refractivity contribution is 5.64. The number of nitrogens with one attached hydrogen (secondary N) is 1. The number of hydrogen-bond acceptors (Lipinski definition) is 4. The molecule has 1 aliphatic carbocycles. The molecule has 1 unspecified atom stereocenters. The zero-order chi connectivity index (χ0) is 14.0. The van der Waals surface area contributed by atoms with Crippen molar-refractivity contribution in [1.29, 1.82) is 5.26 Å². The smallest absolute Gasteiger partial charge is 0.168 e. The molecule has 3 N–H and O–H groups in total. The van der Waals surface area contributed by atoms with Gasteiger partial charge in [-0.2, -0.15) is 10.4 Å². The van der Waals surface area contributed by atoms with Gasteiger partial charge >= 0.3 is 0 Å². The zero-order valence-corrected chi connectivity index (χ0v) is 12.0. The van der Waals surface area contributed by atoms with E-state index in [0.717, 1.165) is 12.8 Å². The van der Waals surface area contributed by atoms with Crippen molar-refractivity contribution in [3.05, 3.63) is 5.56 Å². The molecule has 1 aliphatic rings. The number of anilines is 2. The van der Waals surface area contributed by atoms with Gasteiger partial charge in [-0.1, -0.05) is 13.8 Å². The molecule has 0 aliphatic heterocycles. The number of nitrogen functional groups attached to an aromatic ring is 1. The van der Waals surface area contributed by atoms with Crippen LogP contribution in [0.15, 0.2) is 0 Å². The lowest BCUT2D eigenvalue weighted by atomic mass is 10.2. The van der Waals surface area contributed by atoms with Gasteiger partial charge in [0.25, 0.3) is 0 Å². The van der Waals surface area contributed by atoms with Crippen LogP contribution in [0.5, 0.6) is 0 Å². The Hall–Kier alpha value is -1.70. The van der Waals surface area contributed by atoms with Gasteiger partial charge in [0.2, 0.25) is 0 Å². The minimum Gasteiger partial charge on any atom is -0.383 e. The number of nitrogens with two attached hydrogens (primary N) is 1. The maximum absolute atomic E-state index is 9.28. The molecule has 1 aromatic rings. The molecule has 0 spiro atoms. The third-order valence-corrected chi connectivity index (χ3v) is 4.04. The maximum Gasteiger partial charge on any atom is 0.168 e. The second kappa shape index (κ2) is 5.52. The summed E-state index contributed by atoms with van der Waals surface area (Å²) in [6, 6.07) is 2.80. The van der Waals surface area contributed by atoms with Crippen molar-refractivity contribution in [3.8, 4) is 6.07 Å². The van der Waals surface area contributed by atoms with Crippen LogP contribution >= 0.6 is 0 Å². The van der Waals surface area contributed by atoms with E-state index in [0.29, 0.717) is 29.2 Å². The largest absolute Gasteiger partial charge is 0.383 e. The van der Waals surface area contributed by atoms with Crippen LogP contribution in [0.4, 0.5) is 11.6 Å². The Morgan fingerprint density at radius 2 is 2.11 bits per heavy atom. The molecule has 1 fully saturated rings. The van der Waals surface area contributed by atoms with Crippen LogP contribution in [0.25, 0.3) is 0 Å². The lowest BCUT2D eigenvalue weighted by Crippen LogP contribution is -2.18. The van der Waals surface area contributed by atoms with E-state index in [4.69, 9.17) is 5.73 Å². The molecule has 0 aromatic carbocycles. The molecule has 1 saturated carbocycles. The summed E-state index contributed by atoms with van der Waals surface area (Å²) in [6.07, 6.45) is 4.45. The van der Waals surface area contributed by atoms with Crippen molar-refractivity contribution in [2.45, 2.75) is 58.5 Å². The van der Waals surface area contributed by atoms with Gasteiger partial charge in [-0.25, -0.2) is 4.68 Å². The standard InChI is InChI=1S/C14H23N5/c1-4-11(5-2)19-13(16)12(8-15)14(18-19)17-9(3)10-6-7-10/h9-11H,4-7,16H2,1-3H3,(H,17,18). The number of aromatic nitrogens is 2. The van der Waals surface area contributed by atoms with Gasteiger partial charge in [-0.15, -0.1) is 0 Å². The number of hydrogen-bond donors (Lipinski definition) is 2. The number of nitrogens with zero attached hydrogens (tertiary/aromatic N) is 3. The van der Waals surface area contributed by atoms with Crippen molar-refractivity contribution in [2.75, 3.05) is 11.1 Å². The summed E-state index contributed by atoms with van der Waals surface area (Å²) in [7, 11) is 0. The van der Waals surface area contributed by atoms with Crippen molar-refractivity contribution in [2.24, 2.45) is 5.92 Å². The minimum atomic E-state index is 0.263. The van der Waals surface area contributed by atoms with Crippen molar-refractivity contribution >= 4 is 11.6 Å². The molecule has 1 heterocycles. The van der Waals surface area contributed by atoms with E-state index in [2.05, 4.69) is 37.3 Å². The molecule has 0 saturated heterocycles. The first-order valence-electron chi connectivity index (χ1n) is 7.16. The minimum absolute atomic E-state index is 0.263. The third-order valence-electron chi connectivity index (χ3n) is 4.04. The first-order chi connectivity index (χ1) is 9.12. The molecule has 0 radical (unpaired) electrons. The Morgan fingerprint density at radius 1 is 1.47 bits per heavy atom. The SMILES string of the molecule is CCC(CC)n1nc(NC(C)C2CC2)c(C#N)c1N. The zero-order valence-electron chi connectivity index (χ0n) is 12.0. The molecule has 0 amide bonds. The average Bonchev–Trinajstić information content (AvgIpc) is 3.19. The molecular formula is C14H23N5. The topological polar surface area (TPSA) is 79.7 Å². The predicted octanol–water partition coefficient (Wildman–Crippen LogP) is 2.91. The first kappa shape index (κ1) is 13.7. The van der Waals surface area contributed by atoms with Crippen LogP contribution < -0.4 is 11.1 Å². The van der Waals surface area contributed by atoms with Gasteiger partial charge in [0.1, 0.15) is 17.5 Å². The number of nitriles is 1. The first-order valence-corrected chi connectivity index (χ1v) is 7.16. The predicted molar refractivity (Wildman–Crippen MR) is 76.8 cm³/mol. The lowest BCUT2D eigenvalue weighted by Gasteiger charge is -2.14. The second-order valence-electron chi connectivity index (χ2n) is 5.41. The van der Waals surface area contributed by atoms with E-state index in [1.165, 1.54) is 12.8 Å². The van der Waals surface area contributed by atoms with Gasteiger partial charge in [0, 0.05) is 6.04 Å². The molecule has 1 aromatic heterocycles. The average molecular weight is 261 g/mol. The summed E-state index contributed by atoms with van der Waals surface area (Å²) in [6.45, 7) is 6.37. The molecule has 0 bridgehead atoms. The summed E-state index contributed by atoms with van der Waals surface area (Å²) in [5, 5.41) is 17.2. The second-order valence-corrected chi connectivity index (χ2v) is 5.41. The summed E-state index contributed by atoms with van der Waals surface area (Å²) in [5.41, 5.74) is 6.56. The van der Waals surface area contributed by atoms with Crippen LogP contribution in [-0.2, 0) is 0 Å². The maximum atomic E-state index is 9.28. The molecule has 5 nitrogen and oxygen atoms in total. The molecule has 5 heteroatoms. The summed E-state index contributed by atoms with van der Waals surface area (Å²) < 4.78 is 1.81. The lowest BCUT2D eigenvalue weighted by molar-refractivity contribution is 0.435. The van der Waals surface area contributed by atoms with E-state index in [9.17, 15) is 5.26 Å². The van der Waals surface area contributed by atoms with Gasteiger partial charge in [0.15, 0.2) is 5.82 Å². The van der Waals surface area contributed by atoms with Crippen LogP contribution in [0.1, 0.15) is 58.1 Å². The van der Waals surface area contributed by atoms with E-state index in [1.807, 2.05) is 0 Å². The summed E-state index contributed by atoms with van der Waals surface area (Å²) >= 11 is 0. The van der Waals surface area contributed by atoms with E-state index in [1.54, 1.807) is 4.68 Å². The Balaban J connectivity index is 2.27. The number of rotatable bonds is 6. The van der Waals surface area contributed by atoms with Crippen LogP contribution in [0.3, 0.4) is 0 Å². The molecular weight excluding hydrogens is 238 g/mol. The van der Waals surface area contributed by atoms with E-state index >= 15 is 0 Å². The molecule has 2 rings (SSSR count). The monoisotopic (exact) mass is 261 g/mol. The highest BCUT2D eigenvalue weighted by Gasteiger charge is 2.29. The molecule has 19 heavy (non-hydrogen) atoms. The highest BCUT2D eigenvalue weighted by Crippen LogP contribution is 2.35. The third kappa shape index (κ3) is 2.67. The molecule has 104 valence electrons. The Kier molecular flexibility index (Phi) is 3.98. The van der Waals surface area contributed by atoms with Crippen molar-refractivity contribution in [3.63, 3.8) is 0 Å². The fourth-order valence-electron chi connectivity index (χ4n) is 2.50. The van der Waals surface area contributed by atoms with Crippen LogP contribution in [0, 0.1) is 17.2 Å². The fourth-order valence-corrected chi connectivity index (χ4v) is 2.50. The quantitative estimate of drug-likeness (QED) is 0.825. The Labute approximate surface area is 114 Å². The van der Waals surface area contributed by atoms with E-state index in [-0.39, 0.29) is 6.04 Å². The van der Waals surface area contributed by atoms with Crippen molar-refractivity contribution in [1.82, 2.24) is 9.78 Å². The van der Waals surface area contributed by atoms with Gasteiger partial charge < -0.3 is 11.1 Å². The Bertz CT molecular complexity index is 477. The van der Waals surface area contributed by atoms with Crippen LogP contribution in [-0.4, -0.2) is 15.8 Å². The van der Waals surface area contributed by atoms with Gasteiger partial charge in [-0.3, -0.25) is 0 Å². The van der Waals surface area contributed by atoms with Crippen LogP contribution in [0.2, 0.25) is 0 Å². The summed E-state index contributed by atoms with van der Waals surface area (Å²) in [5.74, 6) is 1.85. The summed E-state index contributed by atoms with van der Waals surface area (Å²) in [4.78, 5) is 0. The van der Waals surface area contributed by atoms with Gasteiger partial charge in [0.05, 0.1) is 6.04 Å². The Morgan fingerprint density at radius 3 is 2.58 bits per heavy atom. The van der Waals surface area contributed by atoms with Crippen molar-refractivity contribution < 1.29 is 0 Å².